The normalized spacial score (nSPS) is 23.2. The number of aliphatic hydroxyl groups is 1. The highest BCUT2D eigenvalue weighted by atomic mass is 19.1. The molecule has 0 heterocycles. The van der Waals surface area contributed by atoms with E-state index in [4.69, 9.17) is 0 Å². The molecule has 0 saturated heterocycles. The summed E-state index contributed by atoms with van der Waals surface area (Å²) in [4.78, 5) is 0. The summed E-state index contributed by atoms with van der Waals surface area (Å²) in [7, 11) is 0. The SMILES string of the molecule is CCC(O)(CC)CNC1CC(c2ccccc2F)C1. The van der Waals surface area contributed by atoms with Gasteiger partial charge in [0.25, 0.3) is 0 Å². The minimum Gasteiger partial charge on any atom is -0.389 e. The summed E-state index contributed by atoms with van der Waals surface area (Å²) in [6, 6.07) is 7.45. The molecule has 106 valence electrons. The molecule has 0 atom stereocenters. The van der Waals surface area contributed by atoms with Crippen molar-refractivity contribution in [1.29, 1.82) is 0 Å². The Balaban J connectivity index is 1.80. The molecule has 2 N–H and O–H groups in total. The molecule has 1 aliphatic carbocycles. The third-order valence-electron chi connectivity index (χ3n) is 4.52. The Morgan fingerprint density at radius 1 is 1.26 bits per heavy atom. The molecule has 0 amide bonds. The molecule has 2 nitrogen and oxygen atoms in total. The predicted octanol–water partition coefficient (Wildman–Crippen LogP) is 3.21. The highest BCUT2D eigenvalue weighted by Crippen LogP contribution is 2.38. The minimum absolute atomic E-state index is 0.0930. The van der Waals surface area contributed by atoms with Crippen LogP contribution in [0.2, 0.25) is 0 Å². The topological polar surface area (TPSA) is 32.3 Å². The molecule has 19 heavy (non-hydrogen) atoms. The van der Waals surface area contributed by atoms with E-state index in [1.165, 1.54) is 6.07 Å². The van der Waals surface area contributed by atoms with Gasteiger partial charge in [-0.25, -0.2) is 4.39 Å². The van der Waals surface area contributed by atoms with Gasteiger partial charge in [-0.1, -0.05) is 32.0 Å². The number of hydrogen-bond acceptors (Lipinski definition) is 2. The lowest BCUT2D eigenvalue weighted by Crippen LogP contribution is -2.48. The van der Waals surface area contributed by atoms with Gasteiger partial charge in [0.15, 0.2) is 0 Å². The Kier molecular flexibility index (Phi) is 4.58. The molecule has 0 spiro atoms. The zero-order valence-electron chi connectivity index (χ0n) is 11.8. The first-order valence-electron chi connectivity index (χ1n) is 7.28. The maximum Gasteiger partial charge on any atom is 0.126 e. The van der Waals surface area contributed by atoms with E-state index < -0.39 is 5.60 Å². The van der Waals surface area contributed by atoms with Crippen LogP contribution in [0.15, 0.2) is 24.3 Å². The smallest absolute Gasteiger partial charge is 0.126 e. The van der Waals surface area contributed by atoms with E-state index in [1.807, 2.05) is 26.0 Å². The van der Waals surface area contributed by atoms with Crippen molar-refractivity contribution in [2.24, 2.45) is 0 Å². The summed E-state index contributed by atoms with van der Waals surface area (Å²) in [6.07, 6.45) is 3.45. The van der Waals surface area contributed by atoms with Gasteiger partial charge in [0.05, 0.1) is 5.60 Å². The number of rotatable bonds is 6. The summed E-state index contributed by atoms with van der Waals surface area (Å²) >= 11 is 0. The van der Waals surface area contributed by atoms with Crippen LogP contribution in [0, 0.1) is 5.82 Å². The lowest BCUT2D eigenvalue weighted by Gasteiger charge is -2.38. The summed E-state index contributed by atoms with van der Waals surface area (Å²) in [5.41, 5.74) is 0.241. The first-order valence-corrected chi connectivity index (χ1v) is 7.28. The van der Waals surface area contributed by atoms with Gasteiger partial charge >= 0.3 is 0 Å². The maximum absolute atomic E-state index is 13.6. The molecule has 1 saturated carbocycles. The monoisotopic (exact) mass is 265 g/mol. The van der Waals surface area contributed by atoms with E-state index in [-0.39, 0.29) is 5.82 Å². The molecule has 0 aromatic heterocycles. The van der Waals surface area contributed by atoms with Crippen LogP contribution in [0.4, 0.5) is 4.39 Å². The second-order valence-electron chi connectivity index (χ2n) is 5.70. The van der Waals surface area contributed by atoms with Crippen molar-refractivity contribution in [3.8, 4) is 0 Å². The van der Waals surface area contributed by atoms with E-state index in [9.17, 15) is 9.50 Å². The Labute approximate surface area is 115 Å². The fraction of sp³-hybridized carbons (Fsp3) is 0.625. The van der Waals surface area contributed by atoms with Crippen molar-refractivity contribution in [3.05, 3.63) is 35.6 Å². The number of halogens is 1. The van der Waals surface area contributed by atoms with Crippen LogP contribution in [0.25, 0.3) is 0 Å². The van der Waals surface area contributed by atoms with Crippen molar-refractivity contribution in [2.45, 2.75) is 57.1 Å². The molecule has 0 aliphatic heterocycles. The van der Waals surface area contributed by atoms with Gasteiger partial charge in [-0.2, -0.15) is 0 Å². The molecule has 1 fully saturated rings. The van der Waals surface area contributed by atoms with Crippen LogP contribution in [-0.2, 0) is 0 Å². The van der Waals surface area contributed by atoms with Crippen molar-refractivity contribution in [1.82, 2.24) is 5.32 Å². The van der Waals surface area contributed by atoms with Crippen LogP contribution in [0.5, 0.6) is 0 Å². The Bertz CT molecular complexity index is 411. The molecule has 1 aliphatic rings. The standard InChI is InChI=1S/C16H24FNO/c1-3-16(19,4-2)11-18-13-9-12(10-13)14-7-5-6-8-15(14)17/h5-8,12-13,18-19H,3-4,9-11H2,1-2H3. The van der Waals surface area contributed by atoms with E-state index in [0.29, 0.717) is 18.5 Å². The third kappa shape index (κ3) is 3.34. The van der Waals surface area contributed by atoms with Crippen LogP contribution >= 0.6 is 0 Å². The van der Waals surface area contributed by atoms with Gasteiger partial charge in [0, 0.05) is 12.6 Å². The third-order valence-corrected chi connectivity index (χ3v) is 4.52. The fourth-order valence-electron chi connectivity index (χ4n) is 2.68. The van der Waals surface area contributed by atoms with E-state index in [1.54, 1.807) is 6.07 Å². The first kappa shape index (κ1) is 14.5. The molecule has 1 aromatic rings. The zero-order valence-corrected chi connectivity index (χ0v) is 11.8. The first-order chi connectivity index (χ1) is 9.08. The number of benzene rings is 1. The number of hydrogen-bond donors (Lipinski definition) is 2. The molecule has 1 aromatic carbocycles. The molecular formula is C16H24FNO. The largest absolute Gasteiger partial charge is 0.389 e. The van der Waals surface area contributed by atoms with Crippen LogP contribution in [0.1, 0.15) is 51.0 Å². The van der Waals surface area contributed by atoms with Crippen LogP contribution in [-0.4, -0.2) is 23.3 Å². The molecule has 0 radical (unpaired) electrons. The fourth-order valence-corrected chi connectivity index (χ4v) is 2.68. The molecule has 3 heteroatoms. The molecule has 2 rings (SSSR count). The Morgan fingerprint density at radius 2 is 1.89 bits per heavy atom. The number of nitrogens with one attached hydrogen (secondary N) is 1. The van der Waals surface area contributed by atoms with Gasteiger partial charge in [-0.3, -0.25) is 0 Å². The highest BCUT2D eigenvalue weighted by Gasteiger charge is 2.33. The second-order valence-corrected chi connectivity index (χ2v) is 5.70. The highest BCUT2D eigenvalue weighted by molar-refractivity contribution is 5.24. The van der Waals surface area contributed by atoms with Crippen molar-refractivity contribution < 1.29 is 9.50 Å². The second kappa shape index (κ2) is 6.02. The average molecular weight is 265 g/mol. The van der Waals surface area contributed by atoms with Crippen LogP contribution in [0.3, 0.4) is 0 Å². The van der Waals surface area contributed by atoms with Gasteiger partial charge in [-0.15, -0.1) is 0 Å². The Morgan fingerprint density at radius 3 is 2.47 bits per heavy atom. The van der Waals surface area contributed by atoms with Crippen LogP contribution < -0.4 is 5.32 Å². The van der Waals surface area contributed by atoms with Gasteiger partial charge < -0.3 is 10.4 Å². The quantitative estimate of drug-likeness (QED) is 0.828. The van der Waals surface area contributed by atoms with Crippen molar-refractivity contribution in [3.63, 3.8) is 0 Å². The van der Waals surface area contributed by atoms with Gasteiger partial charge in [-0.05, 0) is 43.2 Å². The predicted molar refractivity (Wildman–Crippen MR) is 75.7 cm³/mol. The summed E-state index contributed by atoms with van der Waals surface area (Å²) in [5, 5.41) is 13.6. The van der Waals surface area contributed by atoms with E-state index in [0.717, 1.165) is 31.2 Å². The van der Waals surface area contributed by atoms with E-state index >= 15 is 0 Å². The average Bonchev–Trinajstić information content (AvgIpc) is 2.38. The summed E-state index contributed by atoms with van der Waals surface area (Å²) < 4.78 is 13.6. The van der Waals surface area contributed by atoms with Crippen molar-refractivity contribution in [2.75, 3.05) is 6.54 Å². The molecular weight excluding hydrogens is 241 g/mol. The van der Waals surface area contributed by atoms with Gasteiger partial charge in [0.2, 0.25) is 0 Å². The lowest BCUT2D eigenvalue weighted by molar-refractivity contribution is 0.0260. The maximum atomic E-state index is 13.6. The molecule has 0 unspecified atom stereocenters. The van der Waals surface area contributed by atoms with E-state index in [2.05, 4.69) is 5.32 Å². The minimum atomic E-state index is -0.594. The molecule has 0 bridgehead atoms. The Hall–Kier alpha value is -0.930. The lowest BCUT2D eigenvalue weighted by atomic mass is 9.75. The zero-order chi connectivity index (χ0) is 13.9. The summed E-state index contributed by atoms with van der Waals surface area (Å²) in [5.74, 6) is 0.236. The van der Waals surface area contributed by atoms with Crippen molar-refractivity contribution >= 4 is 0 Å². The summed E-state index contributed by atoms with van der Waals surface area (Å²) in [6.45, 7) is 4.65. The van der Waals surface area contributed by atoms with Gasteiger partial charge in [0.1, 0.15) is 5.82 Å².